The zero-order valence-corrected chi connectivity index (χ0v) is 15.4. The molecule has 1 saturated heterocycles. The lowest BCUT2D eigenvalue weighted by molar-refractivity contribution is 0.00191. The third kappa shape index (κ3) is 5.36. The van der Waals surface area contributed by atoms with Crippen molar-refractivity contribution in [2.75, 3.05) is 19.7 Å². The third-order valence-corrected chi connectivity index (χ3v) is 4.10. The molecule has 1 amide bonds. The predicted octanol–water partition coefficient (Wildman–Crippen LogP) is 1.39. The van der Waals surface area contributed by atoms with Crippen molar-refractivity contribution < 1.29 is 18.8 Å². The number of carbonyl (C=O) groups is 1. The van der Waals surface area contributed by atoms with Gasteiger partial charge in [0.05, 0.1) is 30.8 Å². The Morgan fingerprint density at radius 2 is 2.19 bits per heavy atom. The van der Waals surface area contributed by atoms with Crippen molar-refractivity contribution in [2.45, 2.75) is 45.3 Å². The quantitative estimate of drug-likeness (QED) is 0.801. The Labute approximate surface area is 155 Å². The Bertz CT molecular complexity index is 790. The van der Waals surface area contributed by atoms with Crippen LogP contribution in [0.25, 0.3) is 11.4 Å². The molecular weight excluding hydrogens is 354 g/mol. The molecule has 0 saturated carbocycles. The van der Waals surface area contributed by atoms with Crippen molar-refractivity contribution in [1.29, 1.82) is 0 Å². The second-order valence-electron chi connectivity index (χ2n) is 6.56. The summed E-state index contributed by atoms with van der Waals surface area (Å²) in [4.78, 5) is 34.9. The van der Waals surface area contributed by atoms with Gasteiger partial charge < -0.3 is 23.9 Å². The molecule has 2 aromatic heterocycles. The van der Waals surface area contributed by atoms with Gasteiger partial charge in [0.25, 0.3) is 0 Å². The molecule has 10 heteroatoms. The summed E-state index contributed by atoms with van der Waals surface area (Å²) in [5, 5.41) is 3.87. The van der Waals surface area contributed by atoms with Gasteiger partial charge in [-0.3, -0.25) is 0 Å². The van der Waals surface area contributed by atoms with Gasteiger partial charge in [-0.2, -0.15) is 4.98 Å². The summed E-state index contributed by atoms with van der Waals surface area (Å²) in [5.41, 5.74) is 0.144. The van der Waals surface area contributed by atoms with Crippen molar-refractivity contribution in [3.05, 3.63) is 28.8 Å². The van der Waals surface area contributed by atoms with E-state index in [4.69, 9.17) is 14.0 Å². The average Bonchev–Trinajstić information content (AvgIpc) is 3.11. The minimum Gasteiger partial charge on any atom is -0.447 e. The van der Waals surface area contributed by atoms with Crippen LogP contribution in [0.2, 0.25) is 0 Å². The second-order valence-corrected chi connectivity index (χ2v) is 6.56. The molecule has 146 valence electrons. The summed E-state index contributed by atoms with van der Waals surface area (Å²) in [6.07, 6.45) is 4.62. The van der Waals surface area contributed by atoms with Gasteiger partial charge in [0, 0.05) is 25.5 Å². The van der Waals surface area contributed by atoms with Gasteiger partial charge in [0.15, 0.2) is 0 Å². The van der Waals surface area contributed by atoms with E-state index in [-0.39, 0.29) is 18.3 Å². The number of hydrogen-bond donors (Lipinski definition) is 1. The smallest absolute Gasteiger partial charge is 0.410 e. The molecule has 1 aliphatic rings. The Hall–Kier alpha value is -2.75. The van der Waals surface area contributed by atoms with Gasteiger partial charge in [-0.05, 0) is 26.7 Å². The summed E-state index contributed by atoms with van der Waals surface area (Å²) in [6.45, 7) is 5.38. The Balaban J connectivity index is 1.40. The number of rotatable bonds is 6. The molecule has 10 nitrogen and oxygen atoms in total. The van der Waals surface area contributed by atoms with Gasteiger partial charge in [-0.15, -0.1) is 0 Å². The number of nitrogens with zero attached hydrogens (tertiary/aromatic N) is 4. The molecular formula is C17H23N5O5. The van der Waals surface area contributed by atoms with Crippen molar-refractivity contribution in [2.24, 2.45) is 0 Å². The lowest BCUT2D eigenvalue weighted by Crippen LogP contribution is -2.42. The molecule has 0 atom stereocenters. The fraction of sp³-hybridized carbons (Fsp3) is 0.588. The first-order valence-electron chi connectivity index (χ1n) is 8.96. The van der Waals surface area contributed by atoms with Crippen LogP contribution in [0, 0.1) is 0 Å². The number of aromatic nitrogens is 4. The van der Waals surface area contributed by atoms with Crippen molar-refractivity contribution >= 4 is 6.09 Å². The summed E-state index contributed by atoms with van der Waals surface area (Å²) >= 11 is 0. The Kier molecular flexibility index (Phi) is 6.17. The molecule has 1 N–H and O–H groups in total. The van der Waals surface area contributed by atoms with E-state index in [2.05, 4.69) is 20.1 Å². The lowest BCUT2D eigenvalue weighted by Gasteiger charge is -2.31. The molecule has 0 unspecified atom stereocenters. The molecule has 0 aliphatic carbocycles. The fourth-order valence-corrected chi connectivity index (χ4v) is 2.73. The van der Waals surface area contributed by atoms with Crippen LogP contribution in [0.5, 0.6) is 0 Å². The normalized spacial score (nSPS) is 15.3. The monoisotopic (exact) mass is 377 g/mol. The maximum Gasteiger partial charge on any atom is 0.410 e. The number of hydrogen-bond acceptors (Lipinski definition) is 8. The number of nitrogens with one attached hydrogen (secondary N) is 1. The highest BCUT2D eigenvalue weighted by molar-refractivity contribution is 5.67. The van der Waals surface area contributed by atoms with Gasteiger partial charge in [-0.25, -0.2) is 14.6 Å². The number of carbonyl (C=O) groups excluding carboxylic acids is 1. The van der Waals surface area contributed by atoms with Crippen molar-refractivity contribution in [3.8, 4) is 11.4 Å². The first-order chi connectivity index (χ1) is 13.0. The average molecular weight is 377 g/mol. The first-order valence-corrected chi connectivity index (χ1v) is 8.96. The first kappa shape index (κ1) is 19.0. The van der Waals surface area contributed by atoms with E-state index in [1.54, 1.807) is 4.90 Å². The second kappa shape index (κ2) is 8.76. The minimum atomic E-state index is -0.431. The largest absolute Gasteiger partial charge is 0.447 e. The molecule has 3 rings (SSSR count). The number of aromatic amines is 1. The zero-order chi connectivity index (χ0) is 19.2. The van der Waals surface area contributed by atoms with Crippen LogP contribution in [-0.4, -0.2) is 63.0 Å². The van der Waals surface area contributed by atoms with E-state index in [0.717, 1.165) is 12.8 Å². The molecule has 2 aromatic rings. The van der Waals surface area contributed by atoms with Crippen LogP contribution in [-0.2, 0) is 15.9 Å². The SMILES string of the molecule is CC(C)OC(=O)N1CCC(OCCc2nc(-c3cnc(=O)[nH]c3)no2)CC1. The molecule has 0 radical (unpaired) electrons. The van der Waals surface area contributed by atoms with Gasteiger partial charge in [0.2, 0.25) is 11.7 Å². The predicted molar refractivity (Wildman–Crippen MR) is 94.0 cm³/mol. The molecule has 27 heavy (non-hydrogen) atoms. The number of amides is 1. The maximum absolute atomic E-state index is 11.9. The molecule has 3 heterocycles. The van der Waals surface area contributed by atoms with Crippen LogP contribution in [0.1, 0.15) is 32.6 Å². The zero-order valence-electron chi connectivity index (χ0n) is 15.4. The van der Waals surface area contributed by atoms with E-state index in [0.29, 0.717) is 43.4 Å². The van der Waals surface area contributed by atoms with Crippen LogP contribution >= 0.6 is 0 Å². The molecule has 0 spiro atoms. The molecule has 1 aliphatic heterocycles. The number of ether oxygens (including phenoxy) is 2. The summed E-state index contributed by atoms with van der Waals surface area (Å²) in [5.74, 6) is 0.819. The Morgan fingerprint density at radius 1 is 1.41 bits per heavy atom. The van der Waals surface area contributed by atoms with Crippen LogP contribution in [0.3, 0.4) is 0 Å². The Morgan fingerprint density at radius 3 is 2.85 bits per heavy atom. The van der Waals surface area contributed by atoms with Gasteiger partial charge in [0.1, 0.15) is 0 Å². The standard InChI is InChI=1S/C17H23N5O5/c1-11(2)26-17(24)22-6-3-13(4-7-22)25-8-5-14-20-15(21-27-14)12-9-18-16(23)19-10-12/h9-11,13H,3-8H2,1-2H3,(H,18,19,23). The summed E-state index contributed by atoms with van der Waals surface area (Å²) < 4.78 is 16.3. The van der Waals surface area contributed by atoms with Crippen molar-refractivity contribution in [3.63, 3.8) is 0 Å². The molecule has 0 aromatic carbocycles. The molecule has 1 fully saturated rings. The van der Waals surface area contributed by atoms with E-state index < -0.39 is 5.69 Å². The minimum absolute atomic E-state index is 0.0962. The maximum atomic E-state index is 11.9. The topological polar surface area (TPSA) is 123 Å². The van der Waals surface area contributed by atoms with E-state index in [1.807, 2.05) is 13.8 Å². The van der Waals surface area contributed by atoms with Gasteiger partial charge in [-0.1, -0.05) is 5.16 Å². The van der Waals surface area contributed by atoms with Crippen LogP contribution in [0.15, 0.2) is 21.7 Å². The number of likely N-dealkylation sites (tertiary alicyclic amines) is 1. The lowest BCUT2D eigenvalue weighted by atomic mass is 10.1. The summed E-state index contributed by atoms with van der Waals surface area (Å²) in [6, 6.07) is 0. The number of H-pyrrole nitrogens is 1. The number of piperidine rings is 1. The fourth-order valence-electron chi connectivity index (χ4n) is 2.73. The highest BCUT2D eigenvalue weighted by Gasteiger charge is 2.24. The highest BCUT2D eigenvalue weighted by Crippen LogP contribution is 2.16. The summed E-state index contributed by atoms with van der Waals surface area (Å²) in [7, 11) is 0. The van der Waals surface area contributed by atoms with E-state index in [1.165, 1.54) is 12.4 Å². The third-order valence-electron chi connectivity index (χ3n) is 4.10. The van der Waals surface area contributed by atoms with Crippen molar-refractivity contribution in [1.82, 2.24) is 25.0 Å². The van der Waals surface area contributed by atoms with E-state index in [9.17, 15) is 9.59 Å². The van der Waals surface area contributed by atoms with Crippen LogP contribution in [0.4, 0.5) is 4.79 Å². The molecule has 0 bridgehead atoms. The van der Waals surface area contributed by atoms with Crippen LogP contribution < -0.4 is 5.69 Å². The van der Waals surface area contributed by atoms with E-state index >= 15 is 0 Å². The highest BCUT2D eigenvalue weighted by atomic mass is 16.6. The van der Waals surface area contributed by atoms with Gasteiger partial charge >= 0.3 is 11.8 Å².